The Morgan fingerprint density at radius 1 is 1.19 bits per heavy atom. The molecule has 0 aliphatic carbocycles. The van der Waals surface area contributed by atoms with Gasteiger partial charge in [0.25, 0.3) is 0 Å². The van der Waals surface area contributed by atoms with Crippen molar-refractivity contribution in [3.05, 3.63) is 64.5 Å². The fourth-order valence-corrected chi connectivity index (χ4v) is 2.78. The number of hydrogen-bond acceptors (Lipinski definition) is 7. The van der Waals surface area contributed by atoms with E-state index in [2.05, 4.69) is 46.7 Å². The number of ether oxygens (including phenoxy) is 2. The molecule has 0 amide bonds. The molecule has 134 valence electrons. The van der Waals surface area contributed by atoms with Gasteiger partial charge >= 0.3 is 0 Å². The lowest BCUT2D eigenvalue weighted by molar-refractivity contribution is 0.284. The van der Waals surface area contributed by atoms with E-state index in [1.165, 1.54) is 16.9 Å². The van der Waals surface area contributed by atoms with Gasteiger partial charge in [0.1, 0.15) is 12.4 Å². The molecule has 1 heterocycles. The van der Waals surface area contributed by atoms with Crippen LogP contribution in [0.2, 0.25) is 0 Å². The van der Waals surface area contributed by atoms with Gasteiger partial charge in [-0.3, -0.25) is 5.43 Å². The van der Waals surface area contributed by atoms with E-state index in [4.69, 9.17) is 15.2 Å². The summed E-state index contributed by atoms with van der Waals surface area (Å²) in [6.07, 6.45) is 1.68. The maximum absolute atomic E-state index is 5.88. The summed E-state index contributed by atoms with van der Waals surface area (Å²) < 4.78 is 11.3. The third-order valence-electron chi connectivity index (χ3n) is 3.60. The highest BCUT2D eigenvalue weighted by atomic mass is 32.1. The zero-order valence-electron chi connectivity index (χ0n) is 14.6. The van der Waals surface area contributed by atoms with Crippen molar-refractivity contribution in [1.29, 1.82) is 0 Å². The number of nitrogen functional groups attached to an aromatic ring is 1. The van der Waals surface area contributed by atoms with E-state index in [9.17, 15) is 0 Å². The SMILES string of the molecule is COc1cc(C=NNc2nc(N)cs2)ccc1OCc1ccc(C)cc1. The predicted molar refractivity (Wildman–Crippen MR) is 106 cm³/mol. The predicted octanol–water partition coefficient (Wildman–Crippen LogP) is 4.07. The Kier molecular flexibility index (Phi) is 5.70. The number of aromatic nitrogens is 1. The van der Waals surface area contributed by atoms with Crippen LogP contribution in [0.15, 0.2) is 52.9 Å². The monoisotopic (exact) mass is 368 g/mol. The number of aryl methyl sites for hydroxylation is 1. The number of anilines is 2. The number of rotatable bonds is 7. The van der Waals surface area contributed by atoms with Crippen molar-refractivity contribution in [2.24, 2.45) is 5.10 Å². The van der Waals surface area contributed by atoms with Gasteiger partial charge in [-0.25, -0.2) is 4.98 Å². The normalized spacial score (nSPS) is 10.8. The standard InChI is InChI=1S/C19H20N4O2S/c1-13-3-5-14(6-4-13)11-25-16-8-7-15(9-17(16)24-2)10-21-23-19-22-18(20)12-26-19/h3-10,12H,11,20H2,1-2H3,(H,22,23). The molecular weight excluding hydrogens is 348 g/mol. The summed E-state index contributed by atoms with van der Waals surface area (Å²) in [6.45, 7) is 2.54. The molecule has 0 saturated carbocycles. The van der Waals surface area contributed by atoms with Gasteiger partial charge in [-0.05, 0) is 36.2 Å². The highest BCUT2D eigenvalue weighted by Gasteiger charge is 2.06. The van der Waals surface area contributed by atoms with Crippen LogP contribution in [0.3, 0.4) is 0 Å². The minimum atomic E-state index is 0.476. The Labute approximate surface area is 156 Å². The molecule has 6 nitrogen and oxygen atoms in total. The second kappa shape index (κ2) is 8.35. The fraction of sp³-hybridized carbons (Fsp3) is 0.158. The van der Waals surface area contributed by atoms with Gasteiger partial charge in [-0.1, -0.05) is 29.8 Å². The van der Waals surface area contributed by atoms with Crippen LogP contribution in [-0.2, 0) is 6.61 Å². The molecule has 3 rings (SSSR count). The van der Waals surface area contributed by atoms with Gasteiger partial charge in [0.05, 0.1) is 13.3 Å². The number of methoxy groups -OCH3 is 1. The molecule has 0 atom stereocenters. The Hall–Kier alpha value is -3.06. The van der Waals surface area contributed by atoms with E-state index in [1.54, 1.807) is 18.7 Å². The lowest BCUT2D eigenvalue weighted by Gasteiger charge is -2.11. The maximum Gasteiger partial charge on any atom is 0.205 e. The van der Waals surface area contributed by atoms with Crippen LogP contribution < -0.4 is 20.6 Å². The van der Waals surface area contributed by atoms with Crippen molar-refractivity contribution >= 4 is 28.5 Å². The quantitative estimate of drug-likeness (QED) is 0.485. The molecule has 0 fully saturated rings. The first kappa shape index (κ1) is 17.8. The number of nitrogens with zero attached hydrogens (tertiary/aromatic N) is 2. The first-order chi connectivity index (χ1) is 12.6. The zero-order valence-corrected chi connectivity index (χ0v) is 15.4. The van der Waals surface area contributed by atoms with E-state index < -0.39 is 0 Å². The van der Waals surface area contributed by atoms with Gasteiger partial charge in [-0.15, -0.1) is 11.3 Å². The third-order valence-corrected chi connectivity index (χ3v) is 4.36. The lowest BCUT2D eigenvalue weighted by Crippen LogP contribution is -1.99. The largest absolute Gasteiger partial charge is 0.493 e. The summed E-state index contributed by atoms with van der Waals surface area (Å²) in [7, 11) is 1.62. The van der Waals surface area contributed by atoms with E-state index in [1.807, 2.05) is 18.2 Å². The minimum Gasteiger partial charge on any atom is -0.493 e. The molecule has 0 aliphatic rings. The second-order valence-corrected chi connectivity index (χ2v) is 6.49. The summed E-state index contributed by atoms with van der Waals surface area (Å²) in [5.74, 6) is 1.81. The van der Waals surface area contributed by atoms with Gasteiger partial charge in [0.2, 0.25) is 5.13 Å². The second-order valence-electron chi connectivity index (χ2n) is 5.63. The van der Waals surface area contributed by atoms with Crippen molar-refractivity contribution in [2.45, 2.75) is 13.5 Å². The van der Waals surface area contributed by atoms with Gasteiger partial charge in [0.15, 0.2) is 11.5 Å². The number of hydrogen-bond donors (Lipinski definition) is 2. The molecule has 0 aliphatic heterocycles. The molecular formula is C19H20N4O2S. The topological polar surface area (TPSA) is 81.8 Å². The molecule has 1 aromatic heterocycles. The van der Waals surface area contributed by atoms with Crippen molar-refractivity contribution in [1.82, 2.24) is 4.98 Å². The smallest absolute Gasteiger partial charge is 0.205 e. The third kappa shape index (κ3) is 4.73. The minimum absolute atomic E-state index is 0.476. The Morgan fingerprint density at radius 3 is 2.69 bits per heavy atom. The molecule has 2 aromatic carbocycles. The van der Waals surface area contributed by atoms with E-state index in [0.29, 0.717) is 29.1 Å². The van der Waals surface area contributed by atoms with Gasteiger partial charge in [0, 0.05) is 5.38 Å². The summed E-state index contributed by atoms with van der Waals surface area (Å²) in [4.78, 5) is 4.07. The summed E-state index contributed by atoms with van der Waals surface area (Å²) in [5, 5.41) is 6.55. The van der Waals surface area contributed by atoms with Gasteiger partial charge < -0.3 is 15.2 Å². The molecule has 0 unspecified atom stereocenters. The average molecular weight is 368 g/mol. The van der Waals surface area contributed by atoms with E-state index in [0.717, 1.165) is 11.1 Å². The first-order valence-corrected chi connectivity index (χ1v) is 8.88. The maximum atomic E-state index is 5.88. The molecule has 0 radical (unpaired) electrons. The van der Waals surface area contributed by atoms with Crippen molar-refractivity contribution < 1.29 is 9.47 Å². The van der Waals surface area contributed by atoms with Crippen LogP contribution in [0.1, 0.15) is 16.7 Å². The van der Waals surface area contributed by atoms with Crippen molar-refractivity contribution in [2.75, 3.05) is 18.3 Å². The molecule has 7 heteroatoms. The highest BCUT2D eigenvalue weighted by molar-refractivity contribution is 7.14. The van der Waals surface area contributed by atoms with Crippen molar-refractivity contribution in [3.8, 4) is 11.5 Å². The number of thiazole rings is 1. The van der Waals surface area contributed by atoms with Crippen LogP contribution in [0, 0.1) is 6.92 Å². The molecule has 0 saturated heterocycles. The number of benzene rings is 2. The van der Waals surface area contributed by atoms with Crippen LogP contribution in [0.4, 0.5) is 10.9 Å². The summed E-state index contributed by atoms with van der Waals surface area (Å²) in [6, 6.07) is 13.9. The number of hydrazone groups is 1. The Balaban J connectivity index is 1.63. The summed E-state index contributed by atoms with van der Waals surface area (Å²) >= 11 is 1.39. The molecule has 0 bridgehead atoms. The number of nitrogens with one attached hydrogen (secondary N) is 1. The van der Waals surface area contributed by atoms with Crippen LogP contribution in [0.25, 0.3) is 0 Å². The van der Waals surface area contributed by atoms with E-state index in [-0.39, 0.29) is 0 Å². The fourth-order valence-electron chi connectivity index (χ4n) is 2.23. The molecule has 26 heavy (non-hydrogen) atoms. The van der Waals surface area contributed by atoms with Crippen molar-refractivity contribution in [3.63, 3.8) is 0 Å². The Morgan fingerprint density at radius 2 is 2.00 bits per heavy atom. The van der Waals surface area contributed by atoms with Crippen LogP contribution in [0.5, 0.6) is 11.5 Å². The van der Waals surface area contributed by atoms with Crippen LogP contribution >= 0.6 is 11.3 Å². The highest BCUT2D eigenvalue weighted by Crippen LogP contribution is 2.28. The molecule has 3 N–H and O–H groups in total. The molecule has 3 aromatic rings. The average Bonchev–Trinajstić information content (AvgIpc) is 3.07. The summed E-state index contributed by atoms with van der Waals surface area (Å²) in [5.41, 5.74) is 11.6. The number of nitrogens with two attached hydrogens (primary N) is 1. The van der Waals surface area contributed by atoms with E-state index >= 15 is 0 Å². The van der Waals surface area contributed by atoms with Gasteiger partial charge in [-0.2, -0.15) is 5.10 Å². The molecule has 0 spiro atoms. The lowest BCUT2D eigenvalue weighted by atomic mass is 10.2. The Bertz CT molecular complexity index is 891. The zero-order chi connectivity index (χ0) is 18.4. The van der Waals surface area contributed by atoms with Crippen LogP contribution in [-0.4, -0.2) is 18.3 Å². The first-order valence-electron chi connectivity index (χ1n) is 8.00.